The van der Waals surface area contributed by atoms with Crippen LogP contribution < -0.4 is 4.74 Å². The van der Waals surface area contributed by atoms with E-state index >= 15 is 0 Å². The van der Waals surface area contributed by atoms with Crippen molar-refractivity contribution in [2.75, 3.05) is 27.2 Å². The molecule has 19 heavy (non-hydrogen) atoms. The van der Waals surface area contributed by atoms with E-state index in [-0.39, 0.29) is 5.75 Å². The quantitative estimate of drug-likeness (QED) is 0.815. The van der Waals surface area contributed by atoms with Crippen LogP contribution in [0.1, 0.15) is 23.6 Å². The fourth-order valence-corrected chi connectivity index (χ4v) is 1.86. The molecule has 0 heterocycles. The molecule has 1 aromatic carbocycles. The summed E-state index contributed by atoms with van der Waals surface area (Å²) >= 11 is 0. The molecule has 0 aliphatic heterocycles. The van der Waals surface area contributed by atoms with Crippen LogP contribution in [-0.2, 0) is 12.6 Å². The van der Waals surface area contributed by atoms with E-state index in [0.717, 1.165) is 18.7 Å². The van der Waals surface area contributed by atoms with Gasteiger partial charge in [0, 0.05) is 6.54 Å². The Kier molecular flexibility index (Phi) is 5.23. The number of benzene rings is 1. The van der Waals surface area contributed by atoms with E-state index in [1.807, 2.05) is 20.9 Å². The van der Waals surface area contributed by atoms with Gasteiger partial charge in [-0.05, 0) is 50.2 Å². The fraction of sp³-hybridized carbons (Fsp3) is 0.571. The molecule has 0 radical (unpaired) electrons. The minimum absolute atomic E-state index is 0.113. The monoisotopic (exact) mass is 275 g/mol. The second-order valence-electron chi connectivity index (χ2n) is 4.62. The van der Waals surface area contributed by atoms with Crippen molar-refractivity contribution < 1.29 is 17.9 Å². The lowest BCUT2D eigenvalue weighted by atomic mass is 10.0. The van der Waals surface area contributed by atoms with Crippen molar-refractivity contribution in [2.45, 2.75) is 26.4 Å². The SMILES string of the molecule is CCN(C)CCc1cc(C(F)(F)F)c(OC)cc1C. The molecular formula is C14H20F3NO. The molecule has 0 bridgehead atoms. The molecule has 1 rings (SSSR count). The number of nitrogens with zero attached hydrogens (tertiary/aromatic N) is 1. The number of rotatable bonds is 5. The number of alkyl halides is 3. The van der Waals surface area contributed by atoms with E-state index < -0.39 is 11.7 Å². The number of hydrogen-bond donors (Lipinski definition) is 0. The Morgan fingerprint density at radius 3 is 2.37 bits per heavy atom. The molecule has 0 spiro atoms. The molecule has 0 saturated heterocycles. The second kappa shape index (κ2) is 6.28. The van der Waals surface area contributed by atoms with Crippen molar-refractivity contribution in [1.29, 1.82) is 0 Å². The molecule has 0 aromatic heterocycles. The van der Waals surface area contributed by atoms with Crippen LogP contribution in [0.25, 0.3) is 0 Å². The van der Waals surface area contributed by atoms with Crippen molar-refractivity contribution >= 4 is 0 Å². The zero-order chi connectivity index (χ0) is 14.6. The summed E-state index contributed by atoms with van der Waals surface area (Å²) in [6.07, 6.45) is -3.78. The maximum atomic E-state index is 12.9. The topological polar surface area (TPSA) is 12.5 Å². The standard InChI is InChI=1S/C14H20F3NO/c1-5-18(3)7-6-11-9-12(14(15,16)17)13(19-4)8-10(11)2/h8-9H,5-7H2,1-4H3. The largest absolute Gasteiger partial charge is 0.496 e. The molecule has 1 aromatic rings. The highest BCUT2D eigenvalue weighted by molar-refractivity contribution is 5.44. The molecule has 0 aliphatic rings. The van der Waals surface area contributed by atoms with Gasteiger partial charge in [-0.15, -0.1) is 0 Å². The highest BCUT2D eigenvalue weighted by atomic mass is 19.4. The Balaban J connectivity index is 3.06. The van der Waals surface area contributed by atoms with E-state index in [4.69, 9.17) is 4.74 Å². The summed E-state index contributed by atoms with van der Waals surface area (Å²) in [6, 6.07) is 2.67. The Hall–Kier alpha value is -1.23. The molecule has 2 nitrogen and oxygen atoms in total. The zero-order valence-corrected chi connectivity index (χ0v) is 11.8. The number of methoxy groups -OCH3 is 1. The summed E-state index contributed by atoms with van der Waals surface area (Å²) in [5.41, 5.74) is 0.845. The molecule has 5 heteroatoms. The highest BCUT2D eigenvalue weighted by Gasteiger charge is 2.34. The van der Waals surface area contributed by atoms with Gasteiger partial charge >= 0.3 is 6.18 Å². The Morgan fingerprint density at radius 2 is 1.89 bits per heavy atom. The summed E-state index contributed by atoms with van der Waals surface area (Å²) in [5, 5.41) is 0. The first kappa shape index (κ1) is 15.8. The minimum Gasteiger partial charge on any atom is -0.496 e. The van der Waals surface area contributed by atoms with E-state index in [1.54, 1.807) is 0 Å². The lowest BCUT2D eigenvalue weighted by molar-refractivity contribution is -0.138. The van der Waals surface area contributed by atoms with Crippen LogP contribution in [0.3, 0.4) is 0 Å². The summed E-state index contributed by atoms with van der Waals surface area (Å²) in [5.74, 6) is -0.113. The van der Waals surface area contributed by atoms with Gasteiger partial charge in [0.05, 0.1) is 12.7 Å². The van der Waals surface area contributed by atoms with Gasteiger partial charge in [-0.1, -0.05) is 6.92 Å². The lowest BCUT2D eigenvalue weighted by Gasteiger charge is -2.18. The van der Waals surface area contributed by atoms with Crippen LogP contribution in [0.4, 0.5) is 13.2 Å². The number of halogens is 3. The van der Waals surface area contributed by atoms with Gasteiger partial charge in [-0.2, -0.15) is 13.2 Å². The minimum atomic E-state index is -4.38. The summed E-state index contributed by atoms with van der Waals surface area (Å²) in [4.78, 5) is 2.07. The fourth-order valence-electron chi connectivity index (χ4n) is 1.86. The van der Waals surface area contributed by atoms with Crippen LogP contribution in [0.5, 0.6) is 5.75 Å². The van der Waals surface area contributed by atoms with Crippen LogP contribution in [-0.4, -0.2) is 32.1 Å². The third-order valence-corrected chi connectivity index (χ3v) is 3.27. The Bertz CT molecular complexity index is 429. The summed E-state index contributed by atoms with van der Waals surface area (Å²) in [7, 11) is 3.21. The average Bonchev–Trinajstić information content (AvgIpc) is 2.34. The molecule has 108 valence electrons. The van der Waals surface area contributed by atoms with Gasteiger partial charge in [0.2, 0.25) is 0 Å². The van der Waals surface area contributed by atoms with E-state index in [2.05, 4.69) is 4.90 Å². The second-order valence-corrected chi connectivity index (χ2v) is 4.62. The van der Waals surface area contributed by atoms with Crippen LogP contribution in [0, 0.1) is 6.92 Å². The van der Waals surface area contributed by atoms with Gasteiger partial charge < -0.3 is 9.64 Å². The molecule has 0 unspecified atom stereocenters. The third-order valence-electron chi connectivity index (χ3n) is 3.27. The first-order valence-electron chi connectivity index (χ1n) is 6.22. The van der Waals surface area contributed by atoms with Crippen LogP contribution in [0.15, 0.2) is 12.1 Å². The number of hydrogen-bond acceptors (Lipinski definition) is 2. The predicted octanol–water partition coefficient (Wildman–Crippen LogP) is 3.52. The van der Waals surface area contributed by atoms with Crippen molar-refractivity contribution in [3.63, 3.8) is 0 Å². The van der Waals surface area contributed by atoms with Crippen molar-refractivity contribution in [1.82, 2.24) is 4.90 Å². The average molecular weight is 275 g/mol. The van der Waals surface area contributed by atoms with Crippen molar-refractivity contribution in [3.05, 3.63) is 28.8 Å². The molecule has 0 amide bonds. The molecule has 0 fully saturated rings. The molecular weight excluding hydrogens is 255 g/mol. The maximum absolute atomic E-state index is 12.9. The van der Waals surface area contributed by atoms with E-state index in [0.29, 0.717) is 12.0 Å². The molecule has 0 atom stereocenters. The number of aryl methyl sites for hydroxylation is 1. The summed E-state index contributed by atoms with van der Waals surface area (Å²) in [6.45, 7) is 5.44. The predicted molar refractivity (Wildman–Crippen MR) is 69.6 cm³/mol. The van der Waals surface area contributed by atoms with E-state index in [1.165, 1.54) is 19.2 Å². The van der Waals surface area contributed by atoms with Gasteiger partial charge in [0.15, 0.2) is 0 Å². The number of ether oxygens (including phenoxy) is 1. The highest BCUT2D eigenvalue weighted by Crippen LogP contribution is 2.37. The first-order chi connectivity index (χ1) is 8.79. The van der Waals surface area contributed by atoms with Gasteiger partial charge in [0.25, 0.3) is 0 Å². The molecule has 0 aliphatic carbocycles. The Morgan fingerprint density at radius 1 is 1.26 bits per heavy atom. The summed E-state index contributed by atoms with van der Waals surface area (Å²) < 4.78 is 43.6. The first-order valence-corrected chi connectivity index (χ1v) is 6.22. The van der Waals surface area contributed by atoms with Crippen molar-refractivity contribution in [2.24, 2.45) is 0 Å². The number of likely N-dealkylation sites (N-methyl/N-ethyl adjacent to an activating group) is 1. The molecule has 0 N–H and O–H groups in total. The van der Waals surface area contributed by atoms with Gasteiger partial charge in [0.1, 0.15) is 5.75 Å². The Labute approximate surface area is 112 Å². The zero-order valence-electron chi connectivity index (χ0n) is 11.8. The molecule has 0 saturated carbocycles. The van der Waals surface area contributed by atoms with E-state index in [9.17, 15) is 13.2 Å². The van der Waals surface area contributed by atoms with Crippen LogP contribution >= 0.6 is 0 Å². The van der Waals surface area contributed by atoms with Gasteiger partial charge in [-0.25, -0.2) is 0 Å². The normalized spacial score (nSPS) is 12.0. The third kappa shape index (κ3) is 4.13. The maximum Gasteiger partial charge on any atom is 0.419 e. The smallest absolute Gasteiger partial charge is 0.419 e. The van der Waals surface area contributed by atoms with Crippen molar-refractivity contribution in [3.8, 4) is 5.75 Å². The van der Waals surface area contributed by atoms with Gasteiger partial charge in [-0.3, -0.25) is 0 Å². The van der Waals surface area contributed by atoms with Crippen LogP contribution in [0.2, 0.25) is 0 Å². The lowest BCUT2D eigenvalue weighted by Crippen LogP contribution is -2.21.